The molecule has 0 spiro atoms. The maximum Gasteiger partial charge on any atom is 0.432 e. The van der Waals surface area contributed by atoms with Crippen LogP contribution in [0.4, 0.5) is 17.6 Å². The molecule has 0 amide bonds. The van der Waals surface area contributed by atoms with Gasteiger partial charge in [-0.25, -0.2) is 4.39 Å². The van der Waals surface area contributed by atoms with Crippen molar-refractivity contribution >= 4 is 31.9 Å². The minimum Gasteiger partial charge on any atom is -0.221 e. The second-order valence-corrected chi connectivity index (χ2v) is 6.07. The summed E-state index contributed by atoms with van der Waals surface area (Å²) in [7, 11) is 0. The molecule has 0 aliphatic heterocycles. The third-order valence-electron chi connectivity index (χ3n) is 1.67. The van der Waals surface area contributed by atoms with E-state index in [4.69, 9.17) is 0 Å². The van der Waals surface area contributed by atoms with Gasteiger partial charge in [-0.15, -0.1) is 0 Å². The number of hydrogen-bond acceptors (Lipinski definition) is 0. The zero-order chi connectivity index (χ0) is 12.3. The Balaban J connectivity index is 4.29. The zero-order valence-corrected chi connectivity index (χ0v) is 11.5. The van der Waals surface area contributed by atoms with Gasteiger partial charge in [-0.3, -0.25) is 0 Å². The summed E-state index contributed by atoms with van der Waals surface area (Å²) in [4.78, 5) is -0.543. The van der Waals surface area contributed by atoms with Gasteiger partial charge in [0.25, 0.3) is 4.58 Å². The smallest absolute Gasteiger partial charge is 0.221 e. The van der Waals surface area contributed by atoms with Gasteiger partial charge in [0.1, 0.15) is 0 Å². The van der Waals surface area contributed by atoms with Crippen LogP contribution < -0.4 is 0 Å². The van der Waals surface area contributed by atoms with E-state index < -0.39 is 22.0 Å². The fraction of sp³-hybridized carbons (Fsp3) is 0.778. The Labute approximate surface area is 103 Å². The van der Waals surface area contributed by atoms with E-state index in [0.717, 1.165) is 5.57 Å². The molecule has 0 aliphatic carbocycles. The highest BCUT2D eigenvalue weighted by Gasteiger charge is 2.54. The quantitative estimate of drug-likeness (QED) is 0.373. The normalized spacial score (nSPS) is 18.1. The second kappa shape index (κ2) is 5.66. The summed E-state index contributed by atoms with van der Waals surface area (Å²) < 4.78 is 46.2. The minimum absolute atomic E-state index is 0.371. The van der Waals surface area contributed by atoms with Crippen molar-refractivity contribution in [3.8, 4) is 0 Å². The van der Waals surface area contributed by atoms with Crippen molar-refractivity contribution in [1.82, 2.24) is 0 Å². The number of alkyl halides is 6. The molecule has 0 saturated heterocycles. The number of halogens is 6. The first-order valence-electron chi connectivity index (χ1n) is 4.28. The molecule has 0 aliphatic rings. The van der Waals surface area contributed by atoms with Gasteiger partial charge in [0, 0.05) is 11.2 Å². The Morgan fingerprint density at radius 1 is 1.27 bits per heavy atom. The van der Waals surface area contributed by atoms with Crippen molar-refractivity contribution in [2.75, 3.05) is 0 Å². The van der Waals surface area contributed by atoms with Crippen LogP contribution in [0, 0.1) is 0 Å². The molecule has 2 unspecified atom stereocenters. The highest BCUT2D eigenvalue weighted by atomic mass is 79.9. The lowest BCUT2D eigenvalue weighted by atomic mass is 10.1. The number of hydrogen-bond donors (Lipinski definition) is 0. The van der Waals surface area contributed by atoms with Gasteiger partial charge < -0.3 is 0 Å². The lowest BCUT2D eigenvalue weighted by molar-refractivity contribution is -0.193. The second-order valence-electron chi connectivity index (χ2n) is 3.52. The Morgan fingerprint density at radius 3 is 2.07 bits per heavy atom. The van der Waals surface area contributed by atoms with Gasteiger partial charge in [0.05, 0.1) is 0 Å². The molecule has 90 valence electrons. The van der Waals surface area contributed by atoms with E-state index in [-0.39, 0.29) is 0 Å². The number of rotatable bonds is 4. The molecule has 0 heterocycles. The Kier molecular flexibility index (Phi) is 5.82. The standard InChI is InChI=1S/C9H12Br2F4/c1-6(2)3-4-7(10)5-8(11,12)9(13,14)15/h3,7H,4-5H2,1-2H3. The van der Waals surface area contributed by atoms with Crippen LogP contribution >= 0.6 is 31.9 Å². The first kappa shape index (κ1) is 15.4. The molecule has 2 atom stereocenters. The third-order valence-corrected chi connectivity index (χ3v) is 3.15. The van der Waals surface area contributed by atoms with Gasteiger partial charge in [-0.2, -0.15) is 13.2 Å². The SMILES string of the molecule is CC(C)=CCC(Br)CC(F)(Br)C(F)(F)F. The van der Waals surface area contributed by atoms with Crippen molar-refractivity contribution in [2.24, 2.45) is 0 Å². The van der Waals surface area contributed by atoms with Gasteiger partial charge in [0.2, 0.25) is 0 Å². The molecule has 6 heteroatoms. The van der Waals surface area contributed by atoms with E-state index in [1.54, 1.807) is 6.08 Å². The summed E-state index contributed by atoms with van der Waals surface area (Å²) in [6.45, 7) is 3.67. The van der Waals surface area contributed by atoms with Crippen molar-refractivity contribution in [3.63, 3.8) is 0 Å². The molecule has 0 saturated carbocycles. The van der Waals surface area contributed by atoms with E-state index in [0.29, 0.717) is 6.42 Å². The Hall–Kier alpha value is 0.420. The Morgan fingerprint density at radius 2 is 1.73 bits per heavy atom. The van der Waals surface area contributed by atoms with Crippen LogP contribution in [0.2, 0.25) is 0 Å². The van der Waals surface area contributed by atoms with E-state index in [1.165, 1.54) is 0 Å². The van der Waals surface area contributed by atoms with Gasteiger partial charge in [-0.05, 0) is 36.2 Å². The fourth-order valence-electron chi connectivity index (χ4n) is 0.841. The van der Waals surface area contributed by atoms with Crippen LogP contribution in [0.25, 0.3) is 0 Å². The third kappa shape index (κ3) is 5.90. The average molecular weight is 356 g/mol. The summed E-state index contributed by atoms with van der Waals surface area (Å²) in [5.41, 5.74) is 0.991. The highest BCUT2D eigenvalue weighted by Crippen LogP contribution is 2.44. The van der Waals surface area contributed by atoms with Crippen LogP contribution in [-0.2, 0) is 0 Å². The van der Waals surface area contributed by atoms with Crippen molar-refractivity contribution < 1.29 is 17.6 Å². The fourth-order valence-corrected chi connectivity index (χ4v) is 2.30. The van der Waals surface area contributed by atoms with E-state index in [9.17, 15) is 17.6 Å². The van der Waals surface area contributed by atoms with E-state index in [2.05, 4.69) is 31.9 Å². The molecule has 0 aromatic carbocycles. The first-order valence-corrected chi connectivity index (χ1v) is 5.99. The molecule has 0 nitrogen and oxygen atoms in total. The maximum atomic E-state index is 13.1. The van der Waals surface area contributed by atoms with Crippen LogP contribution in [-0.4, -0.2) is 15.6 Å². The van der Waals surface area contributed by atoms with Crippen LogP contribution in [0.1, 0.15) is 26.7 Å². The molecule has 0 aromatic rings. The van der Waals surface area contributed by atoms with E-state index in [1.807, 2.05) is 13.8 Å². The summed E-state index contributed by atoms with van der Waals surface area (Å²) in [6.07, 6.45) is -3.40. The summed E-state index contributed by atoms with van der Waals surface area (Å²) in [5.74, 6) is 0. The summed E-state index contributed by atoms with van der Waals surface area (Å²) in [5, 5.41) is 0. The monoisotopic (exact) mass is 354 g/mol. The van der Waals surface area contributed by atoms with Crippen LogP contribution in [0.3, 0.4) is 0 Å². The Bertz CT molecular complexity index is 229. The molecular formula is C9H12Br2F4. The summed E-state index contributed by atoms with van der Waals surface area (Å²) >= 11 is 5.09. The highest BCUT2D eigenvalue weighted by molar-refractivity contribution is 9.10. The minimum atomic E-state index is -4.88. The first-order chi connectivity index (χ1) is 6.56. The molecule has 0 rings (SSSR count). The van der Waals surface area contributed by atoms with Crippen molar-refractivity contribution in [2.45, 2.75) is 42.3 Å². The average Bonchev–Trinajstić information content (AvgIpc) is 1.97. The van der Waals surface area contributed by atoms with Crippen LogP contribution in [0.15, 0.2) is 11.6 Å². The zero-order valence-electron chi connectivity index (χ0n) is 8.34. The van der Waals surface area contributed by atoms with E-state index >= 15 is 0 Å². The molecule has 0 fully saturated rings. The van der Waals surface area contributed by atoms with Gasteiger partial charge in [0.15, 0.2) is 0 Å². The van der Waals surface area contributed by atoms with Gasteiger partial charge >= 0.3 is 6.18 Å². The molecular weight excluding hydrogens is 344 g/mol. The maximum absolute atomic E-state index is 13.1. The van der Waals surface area contributed by atoms with Crippen molar-refractivity contribution in [1.29, 1.82) is 0 Å². The van der Waals surface area contributed by atoms with Gasteiger partial charge in [-0.1, -0.05) is 27.6 Å². The van der Waals surface area contributed by atoms with Crippen LogP contribution in [0.5, 0.6) is 0 Å². The molecule has 0 N–H and O–H groups in total. The molecule has 15 heavy (non-hydrogen) atoms. The predicted molar refractivity (Wildman–Crippen MR) is 60.2 cm³/mol. The molecule has 0 bridgehead atoms. The number of allylic oxidation sites excluding steroid dienone is 2. The molecule has 0 aromatic heterocycles. The topological polar surface area (TPSA) is 0 Å². The predicted octanol–water partition coefficient (Wildman–Crippen LogP) is 5.12. The summed E-state index contributed by atoms with van der Waals surface area (Å²) in [6, 6.07) is 0. The largest absolute Gasteiger partial charge is 0.432 e. The lowest BCUT2D eigenvalue weighted by Crippen LogP contribution is -2.36. The molecule has 0 radical (unpaired) electrons. The van der Waals surface area contributed by atoms with Crippen molar-refractivity contribution in [3.05, 3.63) is 11.6 Å². The lowest BCUT2D eigenvalue weighted by Gasteiger charge is -2.23.